The first-order valence-electron chi connectivity index (χ1n) is 11.2. The monoisotopic (exact) mass is 517 g/mol. The summed E-state index contributed by atoms with van der Waals surface area (Å²) < 4.78 is 9.35. The molecule has 0 spiro atoms. The van der Waals surface area contributed by atoms with Gasteiger partial charge < -0.3 is 9.84 Å². The standard InChI is InChI=1S/C27H24BrN3O3/c1-5-24-30-26-14(2)10-15(3)29-27(26)31(24)18-7-9-20-22(13-25(32)33)21-11-17(28)6-8-19(21)16(4)34-23(20)12-18/h6-13,16H,5H2,1-4H3,(H,32,33). The van der Waals surface area contributed by atoms with Gasteiger partial charge in [-0.1, -0.05) is 28.9 Å². The molecule has 1 N–H and O–H groups in total. The lowest BCUT2D eigenvalue weighted by molar-refractivity contribution is -0.131. The van der Waals surface area contributed by atoms with Crippen LogP contribution in [0.15, 0.2) is 53.0 Å². The van der Waals surface area contributed by atoms with Crippen molar-refractivity contribution in [1.82, 2.24) is 14.5 Å². The van der Waals surface area contributed by atoms with Gasteiger partial charge in [0.15, 0.2) is 5.65 Å². The quantitative estimate of drug-likeness (QED) is 0.321. The molecule has 0 fully saturated rings. The van der Waals surface area contributed by atoms with Gasteiger partial charge in [0.05, 0.1) is 5.69 Å². The van der Waals surface area contributed by atoms with Crippen LogP contribution in [0.25, 0.3) is 22.4 Å². The molecule has 0 radical (unpaired) electrons. The lowest BCUT2D eigenvalue weighted by Crippen LogP contribution is -2.05. The third kappa shape index (κ3) is 3.70. The number of benzene rings is 2. The van der Waals surface area contributed by atoms with E-state index in [9.17, 15) is 9.90 Å². The number of carboxylic acid groups (broad SMARTS) is 1. The number of rotatable bonds is 3. The maximum atomic E-state index is 11.8. The fraction of sp³-hybridized carbons (Fsp3) is 0.222. The number of hydrogen-bond acceptors (Lipinski definition) is 4. The van der Waals surface area contributed by atoms with E-state index in [0.717, 1.165) is 61.5 Å². The van der Waals surface area contributed by atoms with Crippen molar-refractivity contribution < 1.29 is 14.6 Å². The van der Waals surface area contributed by atoms with E-state index in [4.69, 9.17) is 14.7 Å². The minimum absolute atomic E-state index is 0.260. The smallest absolute Gasteiger partial charge is 0.328 e. The number of carboxylic acids is 1. The molecular weight excluding hydrogens is 494 g/mol. The van der Waals surface area contributed by atoms with Crippen molar-refractivity contribution in [2.75, 3.05) is 0 Å². The molecule has 2 aromatic carbocycles. The van der Waals surface area contributed by atoms with E-state index >= 15 is 0 Å². The summed E-state index contributed by atoms with van der Waals surface area (Å²) in [7, 11) is 0. The van der Waals surface area contributed by atoms with Crippen molar-refractivity contribution in [3.05, 3.63) is 86.8 Å². The normalized spacial score (nSPS) is 16.1. The summed E-state index contributed by atoms with van der Waals surface area (Å²) in [6, 6.07) is 13.8. The van der Waals surface area contributed by atoms with E-state index in [1.807, 2.05) is 63.2 Å². The first-order valence-corrected chi connectivity index (χ1v) is 12.0. The Kier molecular flexibility index (Phi) is 5.52. The zero-order valence-electron chi connectivity index (χ0n) is 19.4. The lowest BCUT2D eigenvalue weighted by atomic mass is 9.92. The average molecular weight is 518 g/mol. The van der Waals surface area contributed by atoms with E-state index < -0.39 is 5.97 Å². The van der Waals surface area contributed by atoms with Crippen LogP contribution in [0.4, 0.5) is 0 Å². The predicted octanol–water partition coefficient (Wildman–Crippen LogP) is 6.33. The van der Waals surface area contributed by atoms with Gasteiger partial charge >= 0.3 is 5.97 Å². The average Bonchev–Trinajstić information content (AvgIpc) is 3.11. The second-order valence-corrected chi connectivity index (χ2v) is 9.45. The third-order valence-corrected chi connectivity index (χ3v) is 6.64. The van der Waals surface area contributed by atoms with Crippen molar-refractivity contribution in [2.45, 2.75) is 40.2 Å². The van der Waals surface area contributed by atoms with Gasteiger partial charge in [-0.15, -0.1) is 0 Å². The minimum atomic E-state index is -1.01. The Morgan fingerprint density at radius 2 is 1.94 bits per heavy atom. The number of pyridine rings is 1. The number of halogens is 1. The van der Waals surface area contributed by atoms with Gasteiger partial charge in [0.25, 0.3) is 0 Å². The van der Waals surface area contributed by atoms with Crippen molar-refractivity contribution in [2.24, 2.45) is 0 Å². The summed E-state index contributed by atoms with van der Waals surface area (Å²) in [5.74, 6) is 0.527. The summed E-state index contributed by atoms with van der Waals surface area (Å²) in [6.45, 7) is 8.08. The van der Waals surface area contributed by atoms with Gasteiger partial charge in [-0.3, -0.25) is 4.57 Å². The molecule has 1 atom stereocenters. The van der Waals surface area contributed by atoms with E-state index in [1.165, 1.54) is 6.08 Å². The highest BCUT2D eigenvalue weighted by Crippen LogP contribution is 2.42. The summed E-state index contributed by atoms with van der Waals surface area (Å²) in [4.78, 5) is 21.4. The molecule has 1 aliphatic rings. The van der Waals surface area contributed by atoms with Crippen LogP contribution in [-0.4, -0.2) is 25.6 Å². The number of aryl methyl sites for hydroxylation is 3. The van der Waals surface area contributed by atoms with Gasteiger partial charge in [0.1, 0.15) is 23.2 Å². The Balaban J connectivity index is 1.76. The summed E-state index contributed by atoms with van der Waals surface area (Å²) in [6.07, 6.45) is 1.74. The number of nitrogens with zero attached hydrogens (tertiary/aromatic N) is 3. The number of imidazole rings is 1. The lowest BCUT2D eigenvalue weighted by Gasteiger charge is -2.16. The van der Waals surface area contributed by atoms with Crippen molar-refractivity contribution in [1.29, 1.82) is 0 Å². The number of carbonyl (C=O) groups is 1. The summed E-state index contributed by atoms with van der Waals surface area (Å²) in [5, 5.41) is 9.64. The molecule has 1 aliphatic heterocycles. The second kappa shape index (κ2) is 8.40. The number of aliphatic carboxylic acids is 1. The van der Waals surface area contributed by atoms with Gasteiger partial charge in [-0.2, -0.15) is 0 Å². The molecule has 0 bridgehead atoms. The molecule has 7 heteroatoms. The molecule has 3 heterocycles. The van der Waals surface area contributed by atoms with Crippen LogP contribution in [0, 0.1) is 13.8 Å². The molecule has 34 heavy (non-hydrogen) atoms. The fourth-order valence-electron chi connectivity index (χ4n) is 4.68. The van der Waals surface area contributed by atoms with Crippen LogP contribution >= 0.6 is 15.9 Å². The van der Waals surface area contributed by atoms with Crippen LogP contribution < -0.4 is 4.74 Å². The molecule has 172 valence electrons. The van der Waals surface area contributed by atoms with Crippen molar-refractivity contribution >= 4 is 38.6 Å². The highest BCUT2D eigenvalue weighted by molar-refractivity contribution is 9.10. The van der Waals surface area contributed by atoms with Crippen LogP contribution in [0.1, 0.15) is 53.7 Å². The van der Waals surface area contributed by atoms with Gasteiger partial charge in [-0.25, -0.2) is 14.8 Å². The second-order valence-electron chi connectivity index (χ2n) is 8.54. The highest BCUT2D eigenvalue weighted by Gasteiger charge is 2.26. The SMILES string of the molecule is CCc1nc2c(C)cc(C)nc2n1-c1ccc2c(c1)OC(C)c1ccc(Br)cc1C2=CC(=O)O. The van der Waals surface area contributed by atoms with E-state index in [1.54, 1.807) is 0 Å². The zero-order chi connectivity index (χ0) is 24.1. The number of hydrogen-bond donors (Lipinski definition) is 1. The maximum absolute atomic E-state index is 11.8. The first kappa shape index (κ1) is 22.3. The Morgan fingerprint density at radius 1 is 1.15 bits per heavy atom. The first-order chi connectivity index (χ1) is 16.3. The van der Waals surface area contributed by atoms with E-state index in [2.05, 4.69) is 27.4 Å². The maximum Gasteiger partial charge on any atom is 0.328 e. The van der Waals surface area contributed by atoms with E-state index in [0.29, 0.717) is 11.3 Å². The Bertz CT molecular complexity index is 1500. The summed E-state index contributed by atoms with van der Waals surface area (Å²) in [5.41, 5.74) is 7.71. The van der Waals surface area contributed by atoms with Crippen molar-refractivity contribution in [3.8, 4) is 11.4 Å². The van der Waals surface area contributed by atoms with Crippen LogP contribution in [0.2, 0.25) is 0 Å². The number of aromatic nitrogens is 3. The Morgan fingerprint density at radius 3 is 2.68 bits per heavy atom. The Labute approximate surface area is 206 Å². The predicted molar refractivity (Wildman–Crippen MR) is 136 cm³/mol. The highest BCUT2D eigenvalue weighted by atomic mass is 79.9. The molecule has 0 saturated carbocycles. The molecule has 0 amide bonds. The molecular formula is C27H24BrN3O3. The molecule has 5 rings (SSSR count). The molecule has 6 nitrogen and oxygen atoms in total. The molecule has 4 aromatic rings. The topological polar surface area (TPSA) is 77.2 Å². The number of ether oxygens (including phenoxy) is 1. The molecule has 0 saturated heterocycles. The fourth-order valence-corrected chi connectivity index (χ4v) is 5.04. The molecule has 2 aromatic heterocycles. The minimum Gasteiger partial charge on any atom is -0.485 e. The van der Waals surface area contributed by atoms with Gasteiger partial charge in [-0.05, 0) is 67.8 Å². The van der Waals surface area contributed by atoms with Crippen LogP contribution in [-0.2, 0) is 11.2 Å². The zero-order valence-corrected chi connectivity index (χ0v) is 21.0. The third-order valence-electron chi connectivity index (χ3n) is 6.15. The largest absolute Gasteiger partial charge is 0.485 e. The van der Waals surface area contributed by atoms with Crippen molar-refractivity contribution in [3.63, 3.8) is 0 Å². The summed E-state index contributed by atoms with van der Waals surface area (Å²) >= 11 is 3.53. The van der Waals surface area contributed by atoms with Gasteiger partial charge in [0, 0.05) is 39.9 Å². The Hall–Kier alpha value is -3.45. The van der Waals surface area contributed by atoms with Crippen LogP contribution in [0.3, 0.4) is 0 Å². The van der Waals surface area contributed by atoms with Gasteiger partial charge in [0.2, 0.25) is 0 Å². The molecule has 0 aliphatic carbocycles. The molecule has 1 unspecified atom stereocenters. The van der Waals surface area contributed by atoms with E-state index in [-0.39, 0.29) is 6.10 Å². The number of fused-ring (bicyclic) bond motifs is 3. The van der Waals surface area contributed by atoms with Crippen LogP contribution in [0.5, 0.6) is 5.75 Å².